The molecule has 86 valence electrons. The minimum absolute atomic E-state index is 0.206. The van der Waals surface area contributed by atoms with Gasteiger partial charge >= 0.3 is 11.6 Å². The standard InChI is InChI=1S/C8H10N4O4/c1-3-4-9-7(13)5-6(12(14)15)8(16-2)11-10-5/h3H,1,4H2,2H3,(H,9,13)(H,10,11). The summed E-state index contributed by atoms with van der Waals surface area (Å²) < 4.78 is 4.66. The SMILES string of the molecule is C=CCNC(=O)c1[nH]nc(OC)c1[N+](=O)[O-]. The molecule has 0 spiro atoms. The van der Waals surface area contributed by atoms with Gasteiger partial charge in [0.05, 0.1) is 12.0 Å². The molecular formula is C8H10N4O4. The number of hydrogen-bond acceptors (Lipinski definition) is 5. The van der Waals surface area contributed by atoms with Crippen molar-refractivity contribution in [1.82, 2.24) is 15.5 Å². The van der Waals surface area contributed by atoms with E-state index in [2.05, 4.69) is 26.8 Å². The normalized spacial score (nSPS) is 9.56. The predicted octanol–water partition coefficient (Wildman–Crippen LogP) is 0.242. The molecule has 0 saturated heterocycles. The third kappa shape index (κ3) is 2.16. The number of ether oxygens (including phenoxy) is 1. The van der Waals surface area contributed by atoms with Gasteiger partial charge in [-0.1, -0.05) is 6.08 Å². The Labute approximate surface area is 90.4 Å². The number of carbonyl (C=O) groups excluding carboxylic acids is 1. The number of aromatic amines is 1. The van der Waals surface area contributed by atoms with Crippen LogP contribution in [0.2, 0.25) is 0 Å². The summed E-state index contributed by atoms with van der Waals surface area (Å²) in [4.78, 5) is 21.4. The van der Waals surface area contributed by atoms with Crippen LogP contribution in [0.4, 0.5) is 5.69 Å². The minimum Gasteiger partial charge on any atom is -0.475 e. The molecule has 0 aliphatic rings. The number of amides is 1. The van der Waals surface area contributed by atoms with E-state index in [1.807, 2.05) is 0 Å². The van der Waals surface area contributed by atoms with Crippen LogP contribution in [0.25, 0.3) is 0 Å². The first kappa shape index (κ1) is 11.7. The first-order valence-electron chi connectivity index (χ1n) is 4.27. The number of aromatic nitrogens is 2. The second-order valence-corrected chi connectivity index (χ2v) is 2.71. The Hall–Kier alpha value is -2.38. The van der Waals surface area contributed by atoms with E-state index in [1.165, 1.54) is 13.2 Å². The van der Waals surface area contributed by atoms with Crippen molar-refractivity contribution < 1.29 is 14.5 Å². The van der Waals surface area contributed by atoms with E-state index in [-0.39, 0.29) is 18.1 Å². The summed E-state index contributed by atoms with van der Waals surface area (Å²) in [5.41, 5.74) is -0.729. The third-order valence-corrected chi connectivity index (χ3v) is 1.72. The summed E-state index contributed by atoms with van der Waals surface area (Å²) in [6.45, 7) is 3.61. The van der Waals surface area contributed by atoms with E-state index in [4.69, 9.17) is 0 Å². The van der Waals surface area contributed by atoms with Gasteiger partial charge in [0, 0.05) is 6.54 Å². The van der Waals surface area contributed by atoms with Gasteiger partial charge in [0.2, 0.25) is 5.69 Å². The van der Waals surface area contributed by atoms with Gasteiger partial charge in [-0.25, -0.2) is 0 Å². The molecule has 0 aromatic carbocycles. The maximum absolute atomic E-state index is 11.5. The smallest absolute Gasteiger partial charge is 0.362 e. The predicted molar refractivity (Wildman–Crippen MR) is 54.3 cm³/mol. The van der Waals surface area contributed by atoms with Crippen LogP contribution in [-0.2, 0) is 0 Å². The lowest BCUT2D eigenvalue weighted by atomic mass is 10.3. The molecule has 0 aliphatic carbocycles. The zero-order chi connectivity index (χ0) is 12.1. The molecule has 2 N–H and O–H groups in total. The number of nitrogens with one attached hydrogen (secondary N) is 2. The maximum Gasteiger partial charge on any atom is 0.362 e. The van der Waals surface area contributed by atoms with E-state index >= 15 is 0 Å². The highest BCUT2D eigenvalue weighted by atomic mass is 16.6. The molecule has 0 bridgehead atoms. The van der Waals surface area contributed by atoms with E-state index in [0.29, 0.717) is 0 Å². The molecule has 0 aliphatic heterocycles. The minimum atomic E-state index is -0.731. The van der Waals surface area contributed by atoms with Crippen LogP contribution >= 0.6 is 0 Å². The number of rotatable bonds is 5. The molecule has 1 heterocycles. The number of nitro groups is 1. The molecule has 0 saturated carbocycles. The van der Waals surface area contributed by atoms with Gasteiger partial charge in [-0.3, -0.25) is 20.0 Å². The number of hydrogen-bond donors (Lipinski definition) is 2. The lowest BCUT2D eigenvalue weighted by molar-refractivity contribution is -0.386. The van der Waals surface area contributed by atoms with Gasteiger partial charge in [-0.15, -0.1) is 11.7 Å². The second kappa shape index (κ2) is 4.91. The number of H-pyrrole nitrogens is 1. The van der Waals surface area contributed by atoms with Gasteiger partial charge in [0.15, 0.2) is 0 Å². The third-order valence-electron chi connectivity index (χ3n) is 1.72. The van der Waals surface area contributed by atoms with Crippen LogP contribution < -0.4 is 10.1 Å². The largest absolute Gasteiger partial charge is 0.475 e. The van der Waals surface area contributed by atoms with Crippen LogP contribution in [0.3, 0.4) is 0 Å². The summed E-state index contributed by atoms with van der Waals surface area (Å²) >= 11 is 0. The molecule has 0 unspecified atom stereocenters. The highest BCUT2D eigenvalue weighted by molar-refractivity contribution is 5.97. The fourth-order valence-corrected chi connectivity index (χ4v) is 1.04. The van der Waals surface area contributed by atoms with Crippen molar-refractivity contribution >= 4 is 11.6 Å². The van der Waals surface area contributed by atoms with Crippen molar-refractivity contribution in [2.75, 3.05) is 13.7 Å². The highest BCUT2D eigenvalue weighted by Crippen LogP contribution is 2.27. The first-order valence-corrected chi connectivity index (χ1v) is 4.27. The lowest BCUT2D eigenvalue weighted by Gasteiger charge is -1.98. The fraction of sp³-hybridized carbons (Fsp3) is 0.250. The van der Waals surface area contributed by atoms with Gasteiger partial charge in [0.25, 0.3) is 5.91 Å². The summed E-state index contributed by atoms with van der Waals surface area (Å²) in [6.07, 6.45) is 1.46. The molecule has 8 heteroatoms. The van der Waals surface area contributed by atoms with E-state index < -0.39 is 16.5 Å². The molecule has 0 atom stereocenters. The van der Waals surface area contributed by atoms with Gasteiger partial charge in [-0.2, -0.15) is 0 Å². The Kier molecular flexibility index (Phi) is 3.59. The Bertz CT molecular complexity index is 426. The van der Waals surface area contributed by atoms with Crippen LogP contribution in [0.1, 0.15) is 10.5 Å². The van der Waals surface area contributed by atoms with Crippen molar-refractivity contribution in [1.29, 1.82) is 0 Å². The maximum atomic E-state index is 11.5. The van der Waals surface area contributed by atoms with Crippen LogP contribution in [0.5, 0.6) is 5.88 Å². The van der Waals surface area contributed by atoms with Crippen LogP contribution in [0, 0.1) is 10.1 Å². The lowest BCUT2D eigenvalue weighted by Crippen LogP contribution is -2.24. The second-order valence-electron chi connectivity index (χ2n) is 2.71. The van der Waals surface area contributed by atoms with Crippen molar-refractivity contribution in [3.8, 4) is 5.88 Å². The van der Waals surface area contributed by atoms with E-state index in [9.17, 15) is 14.9 Å². The van der Waals surface area contributed by atoms with Crippen LogP contribution in [0.15, 0.2) is 12.7 Å². The number of methoxy groups -OCH3 is 1. The Balaban J connectivity index is 3.04. The Morgan fingerprint density at radius 2 is 2.50 bits per heavy atom. The average Bonchev–Trinajstić information content (AvgIpc) is 2.69. The summed E-state index contributed by atoms with van der Waals surface area (Å²) in [7, 11) is 1.23. The van der Waals surface area contributed by atoms with Gasteiger partial charge < -0.3 is 10.1 Å². The quantitative estimate of drug-likeness (QED) is 0.424. The molecule has 1 amide bonds. The zero-order valence-electron chi connectivity index (χ0n) is 8.52. The van der Waals surface area contributed by atoms with E-state index in [1.54, 1.807) is 0 Å². The Morgan fingerprint density at radius 3 is 3.00 bits per heavy atom. The molecule has 16 heavy (non-hydrogen) atoms. The van der Waals surface area contributed by atoms with Gasteiger partial charge in [-0.05, 0) is 0 Å². The zero-order valence-corrected chi connectivity index (χ0v) is 8.52. The highest BCUT2D eigenvalue weighted by Gasteiger charge is 2.29. The Morgan fingerprint density at radius 1 is 1.81 bits per heavy atom. The topological polar surface area (TPSA) is 110 Å². The molecular weight excluding hydrogens is 216 g/mol. The fourth-order valence-electron chi connectivity index (χ4n) is 1.04. The molecule has 8 nitrogen and oxygen atoms in total. The van der Waals surface area contributed by atoms with Crippen molar-refractivity contribution in [3.63, 3.8) is 0 Å². The van der Waals surface area contributed by atoms with Crippen molar-refractivity contribution in [2.45, 2.75) is 0 Å². The molecule has 1 aromatic rings. The molecule has 1 aromatic heterocycles. The number of nitrogens with zero attached hydrogens (tertiary/aromatic N) is 2. The summed E-state index contributed by atoms with van der Waals surface area (Å²) in [5.74, 6) is -0.865. The summed E-state index contributed by atoms with van der Waals surface area (Å²) in [5, 5.41) is 18.9. The first-order chi connectivity index (χ1) is 7.61. The van der Waals surface area contributed by atoms with Crippen molar-refractivity contribution in [2.24, 2.45) is 0 Å². The number of carbonyl (C=O) groups is 1. The van der Waals surface area contributed by atoms with Gasteiger partial charge in [0.1, 0.15) is 0 Å². The molecule has 1 rings (SSSR count). The monoisotopic (exact) mass is 226 g/mol. The molecule has 0 radical (unpaired) electrons. The summed E-state index contributed by atoms with van der Waals surface area (Å²) in [6, 6.07) is 0. The van der Waals surface area contributed by atoms with Crippen LogP contribution in [-0.4, -0.2) is 34.7 Å². The average molecular weight is 226 g/mol. The van der Waals surface area contributed by atoms with E-state index in [0.717, 1.165) is 0 Å². The molecule has 0 fully saturated rings. The van der Waals surface area contributed by atoms with Crippen molar-refractivity contribution in [3.05, 3.63) is 28.5 Å².